The van der Waals surface area contributed by atoms with Crippen molar-refractivity contribution in [3.05, 3.63) is 24.3 Å². The lowest BCUT2D eigenvalue weighted by molar-refractivity contribution is 0.0102. The highest BCUT2D eigenvalue weighted by molar-refractivity contribution is 5.15. The van der Waals surface area contributed by atoms with Gasteiger partial charge in [0, 0.05) is 6.61 Å². The van der Waals surface area contributed by atoms with E-state index in [0.29, 0.717) is 0 Å². The van der Waals surface area contributed by atoms with Crippen molar-refractivity contribution in [1.29, 1.82) is 0 Å². The van der Waals surface area contributed by atoms with Crippen LogP contribution < -0.4 is 0 Å². The van der Waals surface area contributed by atoms with Gasteiger partial charge >= 0.3 is 0 Å². The molecule has 1 fully saturated rings. The zero-order chi connectivity index (χ0) is 9.73. The molecule has 1 aliphatic heterocycles. The number of ether oxygens (including phenoxy) is 1. The molecule has 0 radical (unpaired) electrons. The third-order valence-corrected chi connectivity index (χ3v) is 2.47. The molecule has 1 atom stereocenters. The minimum Gasteiger partial charge on any atom is -0.371 e. The van der Waals surface area contributed by atoms with Crippen LogP contribution in [0.3, 0.4) is 0 Å². The van der Waals surface area contributed by atoms with E-state index in [1.54, 1.807) is 0 Å². The van der Waals surface area contributed by atoms with Gasteiger partial charge < -0.3 is 4.74 Å². The SMILES string of the molecule is C=C(C)/C=C/C1(C)CCCCCO1. The maximum absolute atomic E-state index is 5.81. The molecule has 1 unspecified atom stereocenters. The standard InChI is InChI=1S/C12H20O/c1-11(2)7-9-12(3)8-5-4-6-10-13-12/h7,9H,1,4-6,8,10H2,2-3H3/b9-7+. The molecular formula is C12H20O. The molecule has 0 aromatic heterocycles. The fourth-order valence-electron chi connectivity index (χ4n) is 1.58. The molecule has 1 saturated heterocycles. The van der Waals surface area contributed by atoms with Crippen molar-refractivity contribution in [3.63, 3.8) is 0 Å². The Bertz CT molecular complexity index is 195. The molecule has 1 heteroatoms. The van der Waals surface area contributed by atoms with Gasteiger partial charge in [-0.15, -0.1) is 0 Å². The molecule has 0 spiro atoms. The van der Waals surface area contributed by atoms with Gasteiger partial charge in [-0.25, -0.2) is 0 Å². The van der Waals surface area contributed by atoms with E-state index in [0.717, 1.165) is 18.6 Å². The van der Waals surface area contributed by atoms with Crippen molar-refractivity contribution in [2.24, 2.45) is 0 Å². The van der Waals surface area contributed by atoms with Crippen molar-refractivity contribution < 1.29 is 4.74 Å². The van der Waals surface area contributed by atoms with Crippen LogP contribution in [0.4, 0.5) is 0 Å². The molecule has 1 rings (SSSR count). The largest absolute Gasteiger partial charge is 0.371 e. The van der Waals surface area contributed by atoms with Crippen molar-refractivity contribution in [1.82, 2.24) is 0 Å². The highest BCUT2D eigenvalue weighted by atomic mass is 16.5. The summed E-state index contributed by atoms with van der Waals surface area (Å²) in [5, 5.41) is 0. The topological polar surface area (TPSA) is 9.23 Å². The Kier molecular flexibility index (Phi) is 3.73. The zero-order valence-electron chi connectivity index (χ0n) is 8.81. The molecule has 1 nitrogen and oxygen atoms in total. The molecule has 0 aliphatic carbocycles. The number of hydrogen-bond donors (Lipinski definition) is 0. The lowest BCUT2D eigenvalue weighted by Crippen LogP contribution is -2.24. The van der Waals surface area contributed by atoms with Crippen molar-refractivity contribution in [3.8, 4) is 0 Å². The number of hydrogen-bond acceptors (Lipinski definition) is 1. The summed E-state index contributed by atoms with van der Waals surface area (Å²) in [7, 11) is 0. The van der Waals surface area contributed by atoms with Crippen LogP contribution in [0.5, 0.6) is 0 Å². The van der Waals surface area contributed by atoms with Gasteiger partial charge in [0.15, 0.2) is 0 Å². The first-order valence-corrected chi connectivity index (χ1v) is 5.11. The van der Waals surface area contributed by atoms with E-state index in [-0.39, 0.29) is 5.60 Å². The van der Waals surface area contributed by atoms with Crippen molar-refractivity contribution >= 4 is 0 Å². The van der Waals surface area contributed by atoms with Crippen LogP contribution in [-0.4, -0.2) is 12.2 Å². The van der Waals surface area contributed by atoms with Gasteiger partial charge in [0.05, 0.1) is 5.60 Å². The van der Waals surface area contributed by atoms with Crippen LogP contribution in [0.1, 0.15) is 39.5 Å². The Morgan fingerprint density at radius 2 is 2.15 bits per heavy atom. The van der Waals surface area contributed by atoms with Crippen LogP contribution in [-0.2, 0) is 4.74 Å². The number of rotatable bonds is 2. The first kappa shape index (κ1) is 10.5. The molecule has 0 bridgehead atoms. The predicted molar refractivity (Wildman–Crippen MR) is 56.8 cm³/mol. The highest BCUT2D eigenvalue weighted by Gasteiger charge is 2.22. The third-order valence-electron chi connectivity index (χ3n) is 2.47. The van der Waals surface area contributed by atoms with E-state index in [2.05, 4.69) is 25.7 Å². The Morgan fingerprint density at radius 3 is 2.85 bits per heavy atom. The Labute approximate surface area is 81.5 Å². The maximum Gasteiger partial charge on any atom is 0.0837 e. The van der Waals surface area contributed by atoms with Crippen LogP contribution in [0, 0.1) is 0 Å². The van der Waals surface area contributed by atoms with Gasteiger partial charge in [-0.1, -0.05) is 37.1 Å². The Balaban J connectivity index is 2.56. The Morgan fingerprint density at radius 1 is 1.38 bits per heavy atom. The summed E-state index contributed by atoms with van der Waals surface area (Å²) in [6.07, 6.45) is 9.13. The normalized spacial score (nSPS) is 30.3. The summed E-state index contributed by atoms with van der Waals surface area (Å²) in [4.78, 5) is 0. The van der Waals surface area contributed by atoms with Crippen LogP contribution in [0.2, 0.25) is 0 Å². The van der Waals surface area contributed by atoms with Crippen LogP contribution in [0.25, 0.3) is 0 Å². The zero-order valence-corrected chi connectivity index (χ0v) is 8.81. The lowest BCUT2D eigenvalue weighted by Gasteiger charge is -2.24. The summed E-state index contributed by atoms with van der Waals surface area (Å²) in [5.41, 5.74) is 1.05. The molecule has 0 aromatic carbocycles. The van der Waals surface area contributed by atoms with E-state index in [1.807, 2.05) is 6.92 Å². The summed E-state index contributed by atoms with van der Waals surface area (Å²) < 4.78 is 5.81. The highest BCUT2D eigenvalue weighted by Crippen LogP contribution is 2.25. The molecule has 13 heavy (non-hydrogen) atoms. The van der Waals surface area contributed by atoms with Crippen LogP contribution in [0.15, 0.2) is 24.3 Å². The molecule has 0 aromatic rings. The van der Waals surface area contributed by atoms with Gasteiger partial charge in [-0.05, 0) is 26.7 Å². The van der Waals surface area contributed by atoms with Gasteiger partial charge in [0.1, 0.15) is 0 Å². The summed E-state index contributed by atoms with van der Waals surface area (Å²) in [5.74, 6) is 0. The molecule has 0 N–H and O–H groups in total. The molecule has 1 aliphatic rings. The van der Waals surface area contributed by atoms with E-state index >= 15 is 0 Å². The maximum atomic E-state index is 5.81. The average Bonchev–Trinajstić information content (AvgIpc) is 2.28. The molecule has 0 saturated carbocycles. The second-order valence-electron chi connectivity index (χ2n) is 4.15. The summed E-state index contributed by atoms with van der Waals surface area (Å²) in [6, 6.07) is 0. The molecule has 0 amide bonds. The van der Waals surface area contributed by atoms with Crippen molar-refractivity contribution in [2.45, 2.75) is 45.1 Å². The third kappa shape index (κ3) is 3.77. The van der Waals surface area contributed by atoms with Crippen molar-refractivity contribution in [2.75, 3.05) is 6.61 Å². The average molecular weight is 180 g/mol. The minimum absolute atomic E-state index is 0.0462. The van der Waals surface area contributed by atoms with Gasteiger partial charge in [0.2, 0.25) is 0 Å². The smallest absolute Gasteiger partial charge is 0.0837 e. The van der Waals surface area contributed by atoms with E-state index < -0.39 is 0 Å². The first-order chi connectivity index (χ1) is 6.12. The monoisotopic (exact) mass is 180 g/mol. The van der Waals surface area contributed by atoms with E-state index in [9.17, 15) is 0 Å². The first-order valence-electron chi connectivity index (χ1n) is 5.11. The predicted octanol–water partition coefficient (Wildman–Crippen LogP) is 3.47. The summed E-state index contributed by atoms with van der Waals surface area (Å²) >= 11 is 0. The Hall–Kier alpha value is -0.560. The molecule has 1 heterocycles. The quantitative estimate of drug-likeness (QED) is 0.591. The van der Waals surface area contributed by atoms with E-state index in [1.165, 1.54) is 19.3 Å². The van der Waals surface area contributed by atoms with Gasteiger partial charge in [-0.3, -0.25) is 0 Å². The van der Waals surface area contributed by atoms with Gasteiger partial charge in [-0.2, -0.15) is 0 Å². The van der Waals surface area contributed by atoms with Gasteiger partial charge in [0.25, 0.3) is 0 Å². The van der Waals surface area contributed by atoms with Crippen LogP contribution >= 0.6 is 0 Å². The summed E-state index contributed by atoms with van der Waals surface area (Å²) in [6.45, 7) is 8.93. The fourth-order valence-corrected chi connectivity index (χ4v) is 1.58. The molecule has 74 valence electrons. The minimum atomic E-state index is -0.0462. The fraction of sp³-hybridized carbons (Fsp3) is 0.667. The number of allylic oxidation sites excluding steroid dienone is 2. The lowest BCUT2D eigenvalue weighted by atomic mass is 9.98. The van der Waals surface area contributed by atoms with E-state index in [4.69, 9.17) is 4.74 Å². The second-order valence-corrected chi connectivity index (χ2v) is 4.15. The molecular weight excluding hydrogens is 160 g/mol. The second kappa shape index (κ2) is 4.61.